The first-order valence-electron chi connectivity index (χ1n) is 12.3. The molecule has 2 heterocycles. The molecule has 13 heteroatoms. The summed E-state index contributed by atoms with van der Waals surface area (Å²) < 4.78 is 76.0. The van der Waals surface area contributed by atoms with E-state index in [4.69, 9.17) is 14.9 Å². The monoisotopic (exact) mass is 595 g/mol. The summed E-state index contributed by atoms with van der Waals surface area (Å²) in [4.78, 5) is 26.4. The number of ether oxygens (including phenoxy) is 1. The molecule has 0 bridgehead atoms. The summed E-state index contributed by atoms with van der Waals surface area (Å²) in [5.41, 5.74) is -0.368. The van der Waals surface area contributed by atoms with E-state index >= 15 is 0 Å². The first-order chi connectivity index (χ1) is 20.4. The van der Waals surface area contributed by atoms with E-state index in [1.807, 2.05) is 0 Å². The number of carboxylic acids is 2. The van der Waals surface area contributed by atoms with Gasteiger partial charge in [0.05, 0.1) is 11.3 Å². The number of benzene rings is 3. The fraction of sp³-hybridized carbons (Fsp3) is 0.0667. The summed E-state index contributed by atoms with van der Waals surface area (Å²) in [5.74, 6) is -5.67. The number of pyridine rings is 1. The van der Waals surface area contributed by atoms with Gasteiger partial charge in [-0.05, 0) is 47.0 Å². The van der Waals surface area contributed by atoms with Gasteiger partial charge in [0.1, 0.15) is 12.4 Å². The second-order valence-electron chi connectivity index (χ2n) is 9.14. The lowest BCUT2D eigenvalue weighted by molar-refractivity contribution is -0.142. The number of aromatic nitrogens is 3. The lowest BCUT2D eigenvalue weighted by Crippen LogP contribution is -2.14. The maximum Gasteiger partial charge on any atom is 0.433 e. The van der Waals surface area contributed by atoms with Crippen LogP contribution in [0, 0.1) is 11.6 Å². The Kier molecular flexibility index (Phi) is 7.64. The highest BCUT2D eigenvalue weighted by Crippen LogP contribution is 2.35. The van der Waals surface area contributed by atoms with Crippen LogP contribution in [0.3, 0.4) is 0 Å². The highest BCUT2D eigenvalue weighted by atomic mass is 19.4. The molecule has 2 aromatic heterocycles. The fourth-order valence-electron chi connectivity index (χ4n) is 4.20. The van der Waals surface area contributed by atoms with E-state index in [-0.39, 0.29) is 23.4 Å². The van der Waals surface area contributed by atoms with Crippen LogP contribution in [0.1, 0.15) is 32.1 Å². The Hall–Kier alpha value is -5.59. The molecule has 0 aliphatic rings. The lowest BCUT2D eigenvalue weighted by atomic mass is 10.0. The minimum Gasteiger partial charge on any atom is -0.485 e. The van der Waals surface area contributed by atoms with Gasteiger partial charge < -0.3 is 14.9 Å². The fourth-order valence-corrected chi connectivity index (χ4v) is 4.20. The number of carboxylic acid groups (broad SMARTS) is 2. The van der Waals surface area contributed by atoms with Crippen molar-refractivity contribution in [2.75, 3.05) is 0 Å². The Morgan fingerprint density at radius 1 is 0.837 bits per heavy atom. The first-order valence-corrected chi connectivity index (χ1v) is 12.3. The highest BCUT2D eigenvalue weighted by Gasteiger charge is 2.37. The molecule has 2 N–H and O–H groups in total. The number of halogens is 5. The van der Waals surface area contributed by atoms with Crippen molar-refractivity contribution in [2.45, 2.75) is 12.8 Å². The third kappa shape index (κ3) is 6.20. The van der Waals surface area contributed by atoms with Crippen LogP contribution in [-0.2, 0) is 12.8 Å². The SMILES string of the molecule is O=C(O)c1ccc(-c2ccc(COc3c(F)cc(F)cc3-c3cccc(-n4nc(C(=O)O)cc4C(F)(F)F)n3)cc2)cc1. The number of aromatic carboxylic acids is 2. The number of carbonyl (C=O) groups is 2. The number of alkyl halides is 3. The standard InChI is InChI=1S/C30H18F5N3O5/c31-20-12-21(23-2-1-3-26(36-23)38-25(30(33,34)35)14-24(37-38)29(41)42)27(22(32)13-20)43-15-16-4-6-17(7-5-16)18-8-10-19(11-9-18)28(39)40/h1-14H,15H2,(H,39,40)(H,41,42). The molecule has 0 amide bonds. The Morgan fingerprint density at radius 3 is 2.09 bits per heavy atom. The van der Waals surface area contributed by atoms with E-state index in [2.05, 4.69) is 10.1 Å². The first kappa shape index (κ1) is 28.9. The molecule has 0 saturated heterocycles. The van der Waals surface area contributed by atoms with Crippen LogP contribution in [0.25, 0.3) is 28.2 Å². The van der Waals surface area contributed by atoms with Crippen LogP contribution in [-0.4, -0.2) is 36.9 Å². The average molecular weight is 595 g/mol. The van der Waals surface area contributed by atoms with E-state index in [0.29, 0.717) is 22.4 Å². The molecular weight excluding hydrogens is 577 g/mol. The largest absolute Gasteiger partial charge is 0.485 e. The maximum atomic E-state index is 14.9. The second kappa shape index (κ2) is 11.4. The van der Waals surface area contributed by atoms with Gasteiger partial charge in [0.25, 0.3) is 0 Å². The van der Waals surface area contributed by atoms with Crippen molar-refractivity contribution in [3.8, 4) is 34.0 Å². The molecule has 0 aliphatic heterocycles. The van der Waals surface area contributed by atoms with Crippen molar-refractivity contribution in [1.82, 2.24) is 14.8 Å². The van der Waals surface area contributed by atoms with Crippen molar-refractivity contribution in [3.63, 3.8) is 0 Å². The number of nitrogens with zero attached hydrogens (tertiary/aromatic N) is 3. The van der Waals surface area contributed by atoms with Gasteiger partial charge in [0, 0.05) is 17.7 Å². The summed E-state index contributed by atoms with van der Waals surface area (Å²) >= 11 is 0. The van der Waals surface area contributed by atoms with E-state index in [1.165, 1.54) is 24.3 Å². The Labute approximate surface area is 239 Å². The molecule has 3 aromatic carbocycles. The van der Waals surface area contributed by atoms with Gasteiger partial charge in [-0.3, -0.25) is 0 Å². The Bertz CT molecular complexity index is 1840. The van der Waals surface area contributed by atoms with Crippen LogP contribution in [0.5, 0.6) is 5.75 Å². The van der Waals surface area contributed by atoms with Crippen molar-refractivity contribution in [1.29, 1.82) is 0 Å². The van der Waals surface area contributed by atoms with Crippen molar-refractivity contribution >= 4 is 11.9 Å². The summed E-state index contributed by atoms with van der Waals surface area (Å²) in [7, 11) is 0. The lowest BCUT2D eigenvalue weighted by Gasteiger charge is -2.14. The predicted molar refractivity (Wildman–Crippen MR) is 142 cm³/mol. The van der Waals surface area contributed by atoms with Gasteiger partial charge in [-0.25, -0.2) is 28.0 Å². The zero-order chi connectivity index (χ0) is 30.9. The average Bonchev–Trinajstić information content (AvgIpc) is 3.44. The normalized spacial score (nSPS) is 11.4. The molecule has 0 aliphatic carbocycles. The van der Waals surface area contributed by atoms with Crippen LogP contribution >= 0.6 is 0 Å². The van der Waals surface area contributed by atoms with Gasteiger partial charge in [-0.15, -0.1) is 0 Å². The summed E-state index contributed by atoms with van der Waals surface area (Å²) in [6.45, 7) is -0.174. The molecule has 5 rings (SSSR count). The van der Waals surface area contributed by atoms with E-state index in [0.717, 1.165) is 23.3 Å². The molecule has 218 valence electrons. The van der Waals surface area contributed by atoms with Crippen LogP contribution in [0.2, 0.25) is 0 Å². The molecule has 0 spiro atoms. The summed E-state index contributed by atoms with van der Waals surface area (Å²) in [6, 6.07) is 18.7. The smallest absolute Gasteiger partial charge is 0.433 e. The van der Waals surface area contributed by atoms with Gasteiger partial charge in [0.2, 0.25) is 0 Å². The van der Waals surface area contributed by atoms with Crippen LogP contribution in [0.4, 0.5) is 22.0 Å². The maximum absolute atomic E-state index is 14.9. The van der Waals surface area contributed by atoms with E-state index < -0.39 is 52.7 Å². The molecular formula is C30H18F5N3O5. The molecule has 0 fully saturated rings. The van der Waals surface area contributed by atoms with E-state index in [9.17, 15) is 31.5 Å². The molecule has 5 aromatic rings. The van der Waals surface area contributed by atoms with Gasteiger partial charge in [0.15, 0.2) is 28.8 Å². The zero-order valence-electron chi connectivity index (χ0n) is 21.6. The number of hydrogen-bond donors (Lipinski definition) is 2. The van der Waals surface area contributed by atoms with Gasteiger partial charge in [-0.2, -0.15) is 18.3 Å². The van der Waals surface area contributed by atoms with Crippen LogP contribution < -0.4 is 4.74 Å². The summed E-state index contributed by atoms with van der Waals surface area (Å²) in [6.07, 6.45) is -4.98. The minimum atomic E-state index is -4.98. The predicted octanol–water partition coefficient (Wildman–Crippen LogP) is 6.87. The van der Waals surface area contributed by atoms with Gasteiger partial charge >= 0.3 is 18.1 Å². The highest BCUT2D eigenvalue weighted by molar-refractivity contribution is 5.88. The topological polar surface area (TPSA) is 115 Å². The number of hydrogen-bond acceptors (Lipinski definition) is 5. The molecule has 0 radical (unpaired) electrons. The van der Waals surface area contributed by atoms with Gasteiger partial charge in [-0.1, -0.05) is 42.5 Å². The zero-order valence-corrected chi connectivity index (χ0v) is 21.6. The van der Waals surface area contributed by atoms with Crippen LogP contribution in [0.15, 0.2) is 84.9 Å². The molecule has 0 saturated carbocycles. The molecule has 8 nitrogen and oxygen atoms in total. The third-order valence-corrected chi connectivity index (χ3v) is 6.26. The molecule has 0 unspecified atom stereocenters. The molecule has 43 heavy (non-hydrogen) atoms. The number of rotatable bonds is 8. The summed E-state index contributed by atoms with van der Waals surface area (Å²) in [5, 5.41) is 21.7. The van der Waals surface area contributed by atoms with Crippen molar-refractivity contribution < 1.29 is 46.5 Å². The Morgan fingerprint density at radius 2 is 1.49 bits per heavy atom. The minimum absolute atomic E-state index is 0.140. The van der Waals surface area contributed by atoms with Crippen molar-refractivity contribution in [3.05, 3.63) is 119 Å². The Balaban J connectivity index is 1.44. The molecule has 0 atom stereocenters. The quantitative estimate of drug-likeness (QED) is 0.188. The van der Waals surface area contributed by atoms with E-state index in [1.54, 1.807) is 36.4 Å². The third-order valence-electron chi connectivity index (χ3n) is 6.26. The van der Waals surface area contributed by atoms with Crippen molar-refractivity contribution in [2.24, 2.45) is 0 Å². The second-order valence-corrected chi connectivity index (χ2v) is 9.14.